The molecule has 1 aromatic heterocycles. The third-order valence-electron chi connectivity index (χ3n) is 2.79. The standard InChI is InChI=1S/C13H16N2O3/c1-4-8-10(16-2)6-5-9(13(8)17-3)11-7-12(14)15-18-11/h5-7H,4H2,1-3H3,(H2,14,15). The molecule has 0 unspecified atom stereocenters. The lowest BCUT2D eigenvalue weighted by Gasteiger charge is -2.14. The maximum absolute atomic E-state index is 5.56. The number of nitrogens with zero attached hydrogens (tertiary/aromatic N) is 1. The highest BCUT2D eigenvalue weighted by molar-refractivity contribution is 5.71. The Morgan fingerprint density at radius 2 is 2.06 bits per heavy atom. The summed E-state index contributed by atoms with van der Waals surface area (Å²) in [7, 11) is 3.26. The van der Waals surface area contributed by atoms with Gasteiger partial charge in [0.2, 0.25) is 0 Å². The average Bonchev–Trinajstić information content (AvgIpc) is 2.83. The van der Waals surface area contributed by atoms with Crippen LogP contribution in [0.25, 0.3) is 11.3 Å². The van der Waals surface area contributed by atoms with E-state index in [0.717, 1.165) is 29.0 Å². The van der Waals surface area contributed by atoms with E-state index >= 15 is 0 Å². The van der Waals surface area contributed by atoms with Crippen LogP contribution < -0.4 is 15.2 Å². The minimum absolute atomic E-state index is 0.348. The monoisotopic (exact) mass is 248 g/mol. The lowest BCUT2D eigenvalue weighted by Crippen LogP contribution is -1.97. The summed E-state index contributed by atoms with van der Waals surface area (Å²) < 4.78 is 16.0. The first kappa shape index (κ1) is 12.3. The van der Waals surface area contributed by atoms with Crippen molar-refractivity contribution in [3.63, 3.8) is 0 Å². The Morgan fingerprint density at radius 1 is 1.28 bits per heavy atom. The second-order valence-electron chi connectivity index (χ2n) is 3.80. The van der Waals surface area contributed by atoms with Crippen LogP contribution >= 0.6 is 0 Å². The van der Waals surface area contributed by atoms with Crippen molar-refractivity contribution in [3.8, 4) is 22.8 Å². The number of nitrogens with two attached hydrogens (primary N) is 1. The van der Waals surface area contributed by atoms with Gasteiger partial charge in [0, 0.05) is 11.6 Å². The van der Waals surface area contributed by atoms with E-state index in [9.17, 15) is 0 Å². The van der Waals surface area contributed by atoms with E-state index in [1.165, 1.54) is 0 Å². The molecule has 0 atom stereocenters. The van der Waals surface area contributed by atoms with Gasteiger partial charge in [-0.3, -0.25) is 0 Å². The molecule has 5 nitrogen and oxygen atoms in total. The number of nitrogen functional groups attached to an aromatic ring is 1. The second kappa shape index (κ2) is 5.00. The van der Waals surface area contributed by atoms with Gasteiger partial charge in [-0.05, 0) is 18.6 Å². The Hall–Kier alpha value is -2.17. The number of methoxy groups -OCH3 is 2. The van der Waals surface area contributed by atoms with Crippen LogP contribution in [-0.4, -0.2) is 19.4 Å². The smallest absolute Gasteiger partial charge is 0.172 e. The third kappa shape index (κ3) is 1.99. The summed E-state index contributed by atoms with van der Waals surface area (Å²) in [6.07, 6.45) is 0.795. The fourth-order valence-corrected chi connectivity index (χ4v) is 1.98. The molecule has 1 heterocycles. The normalized spacial score (nSPS) is 10.4. The van der Waals surface area contributed by atoms with Gasteiger partial charge < -0.3 is 19.7 Å². The second-order valence-corrected chi connectivity index (χ2v) is 3.80. The van der Waals surface area contributed by atoms with E-state index in [1.807, 2.05) is 19.1 Å². The molecule has 0 spiro atoms. The molecular weight excluding hydrogens is 232 g/mol. The number of benzene rings is 1. The first-order chi connectivity index (χ1) is 8.71. The van der Waals surface area contributed by atoms with Gasteiger partial charge in [0.25, 0.3) is 0 Å². The molecule has 2 rings (SSSR count). The van der Waals surface area contributed by atoms with Gasteiger partial charge in [-0.25, -0.2) is 0 Å². The first-order valence-electron chi connectivity index (χ1n) is 5.67. The molecule has 0 saturated heterocycles. The van der Waals surface area contributed by atoms with Crippen LogP contribution in [0, 0.1) is 0 Å². The number of hydrogen-bond acceptors (Lipinski definition) is 5. The summed E-state index contributed by atoms with van der Waals surface area (Å²) in [5.41, 5.74) is 7.38. The Kier molecular flexibility index (Phi) is 3.41. The molecule has 18 heavy (non-hydrogen) atoms. The van der Waals surface area contributed by atoms with Crippen molar-refractivity contribution in [2.75, 3.05) is 20.0 Å². The molecule has 0 saturated carbocycles. The van der Waals surface area contributed by atoms with Crippen LogP contribution in [0.4, 0.5) is 5.82 Å². The van der Waals surface area contributed by atoms with Crippen LogP contribution in [0.5, 0.6) is 11.5 Å². The Balaban J connectivity index is 2.61. The highest BCUT2D eigenvalue weighted by Crippen LogP contribution is 2.38. The van der Waals surface area contributed by atoms with Crippen LogP contribution in [0.3, 0.4) is 0 Å². The van der Waals surface area contributed by atoms with Crippen LogP contribution in [0.15, 0.2) is 22.7 Å². The molecule has 0 bridgehead atoms. The predicted molar refractivity (Wildman–Crippen MR) is 68.8 cm³/mol. The molecule has 0 aliphatic carbocycles. The Labute approximate surface area is 105 Å². The van der Waals surface area contributed by atoms with Crippen molar-refractivity contribution in [2.24, 2.45) is 0 Å². The molecule has 0 amide bonds. The molecule has 2 aromatic rings. The summed E-state index contributed by atoms with van der Waals surface area (Å²) in [5.74, 6) is 2.46. The first-order valence-corrected chi connectivity index (χ1v) is 5.67. The van der Waals surface area contributed by atoms with E-state index in [4.69, 9.17) is 19.7 Å². The molecule has 96 valence electrons. The van der Waals surface area contributed by atoms with Gasteiger partial charge in [-0.1, -0.05) is 12.1 Å². The lowest BCUT2D eigenvalue weighted by atomic mass is 10.0. The van der Waals surface area contributed by atoms with Crippen molar-refractivity contribution in [1.29, 1.82) is 0 Å². The van der Waals surface area contributed by atoms with Gasteiger partial charge >= 0.3 is 0 Å². The quantitative estimate of drug-likeness (QED) is 0.900. The summed E-state index contributed by atoms with van der Waals surface area (Å²) in [5, 5.41) is 3.68. The van der Waals surface area contributed by atoms with E-state index in [0.29, 0.717) is 11.6 Å². The fraction of sp³-hybridized carbons (Fsp3) is 0.308. The molecule has 5 heteroatoms. The number of hydrogen-bond donors (Lipinski definition) is 1. The van der Waals surface area contributed by atoms with E-state index in [-0.39, 0.29) is 0 Å². The van der Waals surface area contributed by atoms with Crippen LogP contribution in [0.1, 0.15) is 12.5 Å². The topological polar surface area (TPSA) is 70.5 Å². The van der Waals surface area contributed by atoms with Gasteiger partial charge in [-0.2, -0.15) is 0 Å². The van der Waals surface area contributed by atoms with Crippen molar-refractivity contribution < 1.29 is 14.0 Å². The summed E-state index contributed by atoms with van der Waals surface area (Å²) in [6.45, 7) is 2.04. The molecule has 0 aliphatic rings. The molecule has 0 radical (unpaired) electrons. The van der Waals surface area contributed by atoms with Crippen molar-refractivity contribution in [2.45, 2.75) is 13.3 Å². The summed E-state index contributed by atoms with van der Waals surface area (Å²) in [4.78, 5) is 0. The Bertz CT molecular complexity index is 549. The van der Waals surface area contributed by atoms with Gasteiger partial charge in [0.05, 0.1) is 19.8 Å². The SMILES string of the molecule is CCc1c(OC)ccc(-c2cc(N)no2)c1OC. The zero-order valence-corrected chi connectivity index (χ0v) is 10.7. The van der Waals surface area contributed by atoms with Crippen LogP contribution in [-0.2, 0) is 6.42 Å². The molecule has 2 N–H and O–H groups in total. The summed E-state index contributed by atoms with van der Waals surface area (Å²) in [6, 6.07) is 5.43. The number of aromatic nitrogens is 1. The van der Waals surface area contributed by atoms with Crippen molar-refractivity contribution in [1.82, 2.24) is 5.16 Å². The van der Waals surface area contributed by atoms with Crippen LogP contribution in [0.2, 0.25) is 0 Å². The fourth-order valence-electron chi connectivity index (χ4n) is 1.98. The minimum Gasteiger partial charge on any atom is -0.496 e. The van der Waals surface area contributed by atoms with Gasteiger partial charge in [0.1, 0.15) is 11.5 Å². The zero-order chi connectivity index (χ0) is 13.1. The van der Waals surface area contributed by atoms with Crippen molar-refractivity contribution in [3.05, 3.63) is 23.8 Å². The summed E-state index contributed by atoms with van der Waals surface area (Å²) >= 11 is 0. The molecular formula is C13H16N2O3. The van der Waals surface area contributed by atoms with E-state index in [2.05, 4.69) is 5.16 Å². The maximum atomic E-state index is 5.56. The highest BCUT2D eigenvalue weighted by Gasteiger charge is 2.17. The Morgan fingerprint density at radius 3 is 2.56 bits per heavy atom. The van der Waals surface area contributed by atoms with Crippen molar-refractivity contribution >= 4 is 5.82 Å². The van der Waals surface area contributed by atoms with E-state index in [1.54, 1.807) is 20.3 Å². The van der Waals surface area contributed by atoms with Gasteiger partial charge in [0.15, 0.2) is 11.6 Å². The predicted octanol–water partition coefficient (Wildman–Crippen LogP) is 2.50. The zero-order valence-electron chi connectivity index (χ0n) is 10.7. The number of rotatable bonds is 4. The van der Waals surface area contributed by atoms with E-state index < -0.39 is 0 Å². The molecule has 0 fully saturated rings. The number of ether oxygens (including phenoxy) is 2. The average molecular weight is 248 g/mol. The maximum Gasteiger partial charge on any atom is 0.172 e. The number of anilines is 1. The highest BCUT2D eigenvalue weighted by atomic mass is 16.5. The van der Waals surface area contributed by atoms with Gasteiger partial charge in [-0.15, -0.1) is 0 Å². The molecule has 0 aliphatic heterocycles. The lowest BCUT2D eigenvalue weighted by molar-refractivity contribution is 0.384. The minimum atomic E-state index is 0.348. The third-order valence-corrected chi connectivity index (χ3v) is 2.79. The molecule has 1 aromatic carbocycles. The largest absolute Gasteiger partial charge is 0.496 e.